The van der Waals surface area contributed by atoms with E-state index >= 15 is 0 Å². The minimum absolute atomic E-state index is 0.0402. The van der Waals surface area contributed by atoms with E-state index in [-0.39, 0.29) is 17.2 Å². The summed E-state index contributed by atoms with van der Waals surface area (Å²) in [6.07, 6.45) is 0.753. The minimum Gasteiger partial charge on any atom is -0.481 e. The van der Waals surface area contributed by atoms with Crippen molar-refractivity contribution in [3.63, 3.8) is 0 Å². The number of anilines is 1. The minimum atomic E-state index is -1.13. The number of nitrogens with one attached hydrogen (secondary N) is 1. The Bertz CT molecular complexity index is 916. The van der Waals surface area contributed by atoms with Crippen molar-refractivity contribution in [2.24, 2.45) is 0 Å². The molecule has 0 bridgehead atoms. The van der Waals surface area contributed by atoms with Gasteiger partial charge in [0.1, 0.15) is 11.4 Å². The molecule has 1 atom stereocenters. The van der Waals surface area contributed by atoms with Crippen molar-refractivity contribution < 1.29 is 23.9 Å². The zero-order chi connectivity index (χ0) is 20.3. The van der Waals surface area contributed by atoms with E-state index < -0.39 is 29.7 Å². The molecule has 3 rings (SSSR count). The average Bonchev–Trinajstić information content (AvgIpc) is 3.07. The molecular weight excluding hydrogens is 363 g/mol. The molecule has 2 amide bonds. The van der Waals surface area contributed by atoms with Gasteiger partial charge in [-0.25, -0.2) is 4.39 Å². The number of amides is 2. The van der Waals surface area contributed by atoms with E-state index in [0.717, 1.165) is 6.07 Å². The smallest absolute Gasteiger partial charge is 0.307 e. The van der Waals surface area contributed by atoms with E-state index in [2.05, 4.69) is 5.32 Å². The van der Waals surface area contributed by atoms with Gasteiger partial charge in [-0.2, -0.15) is 0 Å². The Balaban J connectivity index is 1.78. The Hall–Kier alpha value is -3.22. The molecule has 1 aliphatic heterocycles. The van der Waals surface area contributed by atoms with Crippen LogP contribution in [0.2, 0.25) is 0 Å². The second-order valence-electron chi connectivity index (χ2n) is 7.03. The van der Waals surface area contributed by atoms with Crippen LogP contribution in [-0.4, -0.2) is 39.9 Å². The highest BCUT2D eigenvalue weighted by Gasteiger charge is 2.45. The number of likely N-dealkylation sites (tertiary alicyclic amines) is 1. The maximum absolute atomic E-state index is 14.1. The zero-order valence-electron chi connectivity index (χ0n) is 15.4. The quantitative estimate of drug-likeness (QED) is 0.829. The van der Waals surface area contributed by atoms with Gasteiger partial charge < -0.3 is 15.3 Å². The number of carboxylic acid groups (broad SMARTS) is 1. The highest BCUT2D eigenvalue weighted by Crippen LogP contribution is 2.32. The third-order valence-corrected chi connectivity index (χ3v) is 5.05. The van der Waals surface area contributed by atoms with E-state index in [1.807, 2.05) is 6.07 Å². The molecule has 1 fully saturated rings. The van der Waals surface area contributed by atoms with Crippen LogP contribution in [0, 0.1) is 5.82 Å². The highest BCUT2D eigenvalue weighted by molar-refractivity contribution is 6.04. The summed E-state index contributed by atoms with van der Waals surface area (Å²) < 4.78 is 14.1. The third-order valence-electron chi connectivity index (χ3n) is 5.05. The lowest BCUT2D eigenvalue weighted by Gasteiger charge is -2.34. The molecule has 1 heterocycles. The Kier molecular flexibility index (Phi) is 5.44. The van der Waals surface area contributed by atoms with Crippen LogP contribution in [0.25, 0.3) is 0 Å². The largest absolute Gasteiger partial charge is 0.481 e. The van der Waals surface area contributed by atoms with Crippen LogP contribution in [-0.2, 0) is 16.0 Å². The number of hydrogen-bond donors (Lipinski definition) is 2. The molecule has 0 aromatic heterocycles. The SMILES string of the molecule is CC1(C(=O)Nc2ccc(CC(=O)O)c(F)c2)CCCN1C(=O)c1ccccc1. The Morgan fingerprint density at radius 2 is 1.89 bits per heavy atom. The molecule has 1 aliphatic rings. The maximum Gasteiger partial charge on any atom is 0.307 e. The molecule has 2 aromatic carbocycles. The van der Waals surface area contributed by atoms with Crippen molar-refractivity contribution in [3.05, 3.63) is 65.5 Å². The highest BCUT2D eigenvalue weighted by atomic mass is 19.1. The summed E-state index contributed by atoms with van der Waals surface area (Å²) in [5.74, 6) is -2.46. The summed E-state index contributed by atoms with van der Waals surface area (Å²) in [7, 11) is 0. The summed E-state index contributed by atoms with van der Waals surface area (Å²) in [6.45, 7) is 2.16. The van der Waals surface area contributed by atoms with Gasteiger partial charge in [0.15, 0.2) is 0 Å². The van der Waals surface area contributed by atoms with Crippen molar-refractivity contribution in [2.75, 3.05) is 11.9 Å². The van der Waals surface area contributed by atoms with E-state index in [4.69, 9.17) is 5.11 Å². The van der Waals surface area contributed by atoms with Crippen molar-refractivity contribution in [2.45, 2.75) is 31.7 Å². The van der Waals surface area contributed by atoms with Crippen molar-refractivity contribution in [1.82, 2.24) is 4.90 Å². The molecule has 2 N–H and O–H groups in total. The number of carbonyl (C=O) groups excluding carboxylic acids is 2. The Morgan fingerprint density at radius 3 is 2.54 bits per heavy atom. The molecule has 1 unspecified atom stereocenters. The van der Waals surface area contributed by atoms with Gasteiger partial charge in [-0.05, 0) is 49.6 Å². The lowest BCUT2D eigenvalue weighted by atomic mass is 9.96. The predicted molar refractivity (Wildman–Crippen MR) is 101 cm³/mol. The van der Waals surface area contributed by atoms with Crippen LogP contribution >= 0.6 is 0 Å². The lowest BCUT2D eigenvalue weighted by molar-refractivity contribution is -0.136. The van der Waals surface area contributed by atoms with Crippen LogP contribution in [0.15, 0.2) is 48.5 Å². The van der Waals surface area contributed by atoms with Crippen LogP contribution in [0.1, 0.15) is 35.7 Å². The molecule has 28 heavy (non-hydrogen) atoms. The molecule has 2 aromatic rings. The van der Waals surface area contributed by atoms with Gasteiger partial charge in [0.05, 0.1) is 6.42 Å². The first-order chi connectivity index (χ1) is 13.3. The third kappa shape index (κ3) is 3.88. The first-order valence-electron chi connectivity index (χ1n) is 9.00. The molecule has 7 heteroatoms. The summed E-state index contributed by atoms with van der Waals surface area (Å²) in [5.41, 5.74) is -0.286. The van der Waals surface area contributed by atoms with E-state index in [9.17, 15) is 18.8 Å². The molecule has 146 valence electrons. The fourth-order valence-corrected chi connectivity index (χ4v) is 3.46. The fraction of sp³-hybridized carbons (Fsp3) is 0.286. The summed E-state index contributed by atoms with van der Waals surface area (Å²) in [4.78, 5) is 38.1. The lowest BCUT2D eigenvalue weighted by Crippen LogP contribution is -2.53. The number of rotatable bonds is 5. The molecule has 0 saturated carbocycles. The number of carboxylic acids is 1. The number of benzene rings is 2. The van der Waals surface area contributed by atoms with Crippen molar-refractivity contribution >= 4 is 23.5 Å². The van der Waals surface area contributed by atoms with Crippen LogP contribution in [0.4, 0.5) is 10.1 Å². The number of halogens is 1. The van der Waals surface area contributed by atoms with Crippen LogP contribution < -0.4 is 5.32 Å². The van der Waals surface area contributed by atoms with Crippen molar-refractivity contribution in [1.29, 1.82) is 0 Å². The maximum atomic E-state index is 14.1. The van der Waals surface area contributed by atoms with Gasteiger partial charge in [0, 0.05) is 17.8 Å². The predicted octanol–water partition coefficient (Wildman–Crippen LogP) is 3.09. The van der Waals surface area contributed by atoms with Crippen LogP contribution in [0.5, 0.6) is 0 Å². The van der Waals surface area contributed by atoms with Gasteiger partial charge >= 0.3 is 5.97 Å². The van der Waals surface area contributed by atoms with E-state index in [1.54, 1.807) is 36.1 Å². The molecule has 6 nitrogen and oxygen atoms in total. The second kappa shape index (κ2) is 7.80. The molecule has 1 saturated heterocycles. The van der Waals surface area contributed by atoms with E-state index in [0.29, 0.717) is 24.9 Å². The second-order valence-corrected chi connectivity index (χ2v) is 7.03. The van der Waals surface area contributed by atoms with Gasteiger partial charge in [-0.15, -0.1) is 0 Å². The summed E-state index contributed by atoms with van der Waals surface area (Å²) >= 11 is 0. The first-order valence-corrected chi connectivity index (χ1v) is 9.00. The molecule has 0 spiro atoms. The Labute approximate surface area is 162 Å². The van der Waals surface area contributed by atoms with Gasteiger partial charge in [-0.3, -0.25) is 14.4 Å². The number of aliphatic carboxylic acids is 1. The monoisotopic (exact) mass is 384 g/mol. The molecular formula is C21H21FN2O4. The van der Waals surface area contributed by atoms with Gasteiger partial charge in [0.25, 0.3) is 5.91 Å². The zero-order valence-corrected chi connectivity index (χ0v) is 15.4. The van der Waals surface area contributed by atoms with Crippen molar-refractivity contribution in [3.8, 4) is 0 Å². The summed E-state index contributed by atoms with van der Waals surface area (Å²) in [5, 5.41) is 11.4. The Morgan fingerprint density at radius 1 is 1.18 bits per heavy atom. The number of hydrogen-bond acceptors (Lipinski definition) is 3. The summed E-state index contributed by atoms with van der Waals surface area (Å²) in [6, 6.07) is 12.6. The fourth-order valence-electron chi connectivity index (χ4n) is 3.46. The molecule has 0 aliphatic carbocycles. The standard InChI is InChI=1S/C21H21FN2O4/c1-21(10-5-11-24(21)19(27)14-6-3-2-4-7-14)20(28)23-16-9-8-15(12-18(25)26)17(22)13-16/h2-4,6-9,13H,5,10-12H2,1H3,(H,23,28)(H,25,26). The van der Waals surface area contributed by atoms with Crippen LogP contribution in [0.3, 0.4) is 0 Å². The average molecular weight is 384 g/mol. The number of carbonyl (C=O) groups is 3. The topological polar surface area (TPSA) is 86.7 Å². The van der Waals surface area contributed by atoms with Gasteiger partial charge in [0.2, 0.25) is 5.91 Å². The first kappa shape index (κ1) is 19.5. The van der Waals surface area contributed by atoms with E-state index in [1.165, 1.54) is 12.1 Å². The van der Waals surface area contributed by atoms with Gasteiger partial charge in [-0.1, -0.05) is 24.3 Å². The normalized spacial score (nSPS) is 18.7. The molecule has 0 radical (unpaired) electrons. The number of nitrogens with zero attached hydrogens (tertiary/aromatic N) is 1.